The predicted molar refractivity (Wildman–Crippen MR) is 95.6 cm³/mol. The Morgan fingerprint density at radius 2 is 1.92 bits per heavy atom. The van der Waals surface area contributed by atoms with Crippen LogP contribution in [-0.2, 0) is 0 Å². The number of rotatable bonds is 5. The van der Waals surface area contributed by atoms with Crippen LogP contribution in [0.4, 0.5) is 0 Å². The summed E-state index contributed by atoms with van der Waals surface area (Å²) in [4.78, 5) is 12.9. The second kappa shape index (κ2) is 6.54. The number of carbonyl (C=O) groups excluding carboxylic acids is 1. The molecule has 0 fully saturated rings. The van der Waals surface area contributed by atoms with Crippen LogP contribution >= 0.6 is 23.1 Å². The van der Waals surface area contributed by atoms with Crippen LogP contribution in [0, 0.1) is 0 Å². The molecule has 7 heteroatoms. The summed E-state index contributed by atoms with van der Waals surface area (Å²) in [7, 11) is 0. The normalized spacial score (nSPS) is 11.0. The first-order valence-electron chi connectivity index (χ1n) is 7.29. The summed E-state index contributed by atoms with van der Waals surface area (Å²) in [5.74, 6) is 0.407. The van der Waals surface area contributed by atoms with E-state index in [0.29, 0.717) is 16.6 Å². The average molecular weight is 352 g/mol. The Labute approximate surface area is 146 Å². The van der Waals surface area contributed by atoms with Crippen molar-refractivity contribution >= 4 is 34.5 Å². The number of fused-ring (bicyclic) bond motifs is 1. The average Bonchev–Trinajstić information content (AvgIpc) is 3.30. The Balaban J connectivity index is 1.60. The van der Waals surface area contributed by atoms with Gasteiger partial charge in [0.15, 0.2) is 11.4 Å². The Morgan fingerprint density at radius 1 is 1.04 bits per heavy atom. The van der Waals surface area contributed by atoms with E-state index in [2.05, 4.69) is 15.3 Å². The van der Waals surface area contributed by atoms with E-state index in [0.717, 1.165) is 16.1 Å². The lowest BCUT2D eigenvalue weighted by Gasteiger charge is -2.02. The van der Waals surface area contributed by atoms with Gasteiger partial charge in [0.1, 0.15) is 0 Å². The van der Waals surface area contributed by atoms with Crippen molar-refractivity contribution in [3.63, 3.8) is 0 Å². The Hall–Kier alpha value is -2.51. The first-order valence-corrected chi connectivity index (χ1v) is 9.15. The molecule has 4 rings (SSSR count). The molecule has 3 heterocycles. The van der Waals surface area contributed by atoms with Crippen molar-refractivity contribution in [2.24, 2.45) is 0 Å². The Kier molecular flexibility index (Phi) is 4.10. The standard InChI is InChI=1S/C17H12N4OS2/c22-14(15-7-4-10-23-15)11-24-17-19-18-16-9-8-13(20-21(16)17)12-5-2-1-3-6-12/h1-10H,11H2. The molecule has 24 heavy (non-hydrogen) atoms. The topological polar surface area (TPSA) is 60.2 Å². The van der Waals surface area contributed by atoms with Gasteiger partial charge in [0.05, 0.1) is 16.3 Å². The molecule has 0 amide bonds. The lowest BCUT2D eigenvalue weighted by atomic mass is 10.1. The summed E-state index contributed by atoms with van der Waals surface area (Å²) >= 11 is 2.80. The van der Waals surface area contributed by atoms with E-state index in [1.54, 1.807) is 4.52 Å². The van der Waals surface area contributed by atoms with Crippen LogP contribution in [0.3, 0.4) is 0 Å². The largest absolute Gasteiger partial charge is 0.292 e. The highest BCUT2D eigenvalue weighted by molar-refractivity contribution is 7.99. The number of aromatic nitrogens is 4. The molecule has 3 aromatic heterocycles. The SMILES string of the molecule is O=C(CSc1nnc2ccc(-c3ccccc3)nn12)c1cccs1. The van der Waals surface area contributed by atoms with Crippen LogP contribution in [0.1, 0.15) is 9.67 Å². The summed E-state index contributed by atoms with van der Waals surface area (Å²) in [5, 5.41) is 15.4. The zero-order valence-electron chi connectivity index (χ0n) is 12.5. The molecule has 0 saturated heterocycles. The number of ketones is 1. The van der Waals surface area contributed by atoms with Crippen LogP contribution in [0.2, 0.25) is 0 Å². The lowest BCUT2D eigenvalue weighted by molar-refractivity contribution is 0.102. The van der Waals surface area contributed by atoms with Gasteiger partial charge >= 0.3 is 0 Å². The van der Waals surface area contributed by atoms with Crippen LogP contribution in [0.5, 0.6) is 0 Å². The Morgan fingerprint density at radius 3 is 2.71 bits per heavy atom. The zero-order valence-corrected chi connectivity index (χ0v) is 14.1. The molecular formula is C17H12N4OS2. The third-order valence-electron chi connectivity index (χ3n) is 3.43. The zero-order chi connectivity index (χ0) is 16.4. The molecule has 118 valence electrons. The molecule has 0 aliphatic carbocycles. The quantitative estimate of drug-likeness (QED) is 0.403. The molecule has 0 spiro atoms. The van der Waals surface area contributed by atoms with Crippen molar-refractivity contribution in [1.29, 1.82) is 0 Å². The first-order chi connectivity index (χ1) is 11.8. The second-order valence-corrected chi connectivity index (χ2v) is 6.92. The molecule has 0 radical (unpaired) electrons. The van der Waals surface area contributed by atoms with Gasteiger partial charge in [-0.1, -0.05) is 48.2 Å². The maximum atomic E-state index is 12.1. The molecular weight excluding hydrogens is 340 g/mol. The molecule has 5 nitrogen and oxygen atoms in total. The molecule has 0 aliphatic rings. The van der Waals surface area contributed by atoms with E-state index in [9.17, 15) is 4.79 Å². The van der Waals surface area contributed by atoms with Gasteiger partial charge < -0.3 is 0 Å². The number of thioether (sulfide) groups is 1. The minimum absolute atomic E-state index is 0.0889. The fourth-order valence-corrected chi connectivity index (χ4v) is 3.79. The maximum Gasteiger partial charge on any atom is 0.212 e. The van der Waals surface area contributed by atoms with E-state index >= 15 is 0 Å². The molecule has 4 aromatic rings. The number of benzene rings is 1. The summed E-state index contributed by atoms with van der Waals surface area (Å²) in [6, 6.07) is 17.4. The van der Waals surface area contributed by atoms with Gasteiger partial charge in [-0.2, -0.15) is 9.61 Å². The van der Waals surface area contributed by atoms with Crippen molar-refractivity contribution in [2.75, 3.05) is 5.75 Å². The third kappa shape index (κ3) is 2.95. The highest BCUT2D eigenvalue weighted by Gasteiger charge is 2.13. The highest BCUT2D eigenvalue weighted by atomic mass is 32.2. The van der Waals surface area contributed by atoms with Gasteiger partial charge in [-0.05, 0) is 23.6 Å². The number of hydrogen-bond acceptors (Lipinski definition) is 6. The van der Waals surface area contributed by atoms with E-state index in [1.165, 1.54) is 23.1 Å². The predicted octanol–water partition coefficient (Wildman–Crippen LogP) is 3.83. The number of Topliss-reactive ketones (excluding diaryl/α,β-unsaturated/α-hetero) is 1. The van der Waals surface area contributed by atoms with Gasteiger partial charge in [0, 0.05) is 5.56 Å². The Bertz CT molecular complexity index is 980. The minimum atomic E-state index is 0.0889. The molecule has 0 bridgehead atoms. The lowest BCUT2D eigenvalue weighted by Crippen LogP contribution is -2.02. The van der Waals surface area contributed by atoms with Gasteiger partial charge in [0.25, 0.3) is 0 Å². The van der Waals surface area contributed by atoms with E-state index < -0.39 is 0 Å². The van der Waals surface area contributed by atoms with Crippen molar-refractivity contribution in [2.45, 2.75) is 5.16 Å². The fraction of sp³-hybridized carbons (Fsp3) is 0.0588. The highest BCUT2D eigenvalue weighted by Crippen LogP contribution is 2.22. The summed E-state index contributed by atoms with van der Waals surface area (Å²) < 4.78 is 1.69. The van der Waals surface area contributed by atoms with E-state index in [1.807, 2.05) is 60.0 Å². The van der Waals surface area contributed by atoms with Crippen molar-refractivity contribution in [3.8, 4) is 11.3 Å². The van der Waals surface area contributed by atoms with Gasteiger partial charge in [-0.25, -0.2) is 0 Å². The van der Waals surface area contributed by atoms with Gasteiger partial charge in [0.2, 0.25) is 5.16 Å². The monoisotopic (exact) mass is 352 g/mol. The summed E-state index contributed by atoms with van der Waals surface area (Å²) in [6.45, 7) is 0. The first kappa shape index (κ1) is 15.0. The molecule has 0 aliphatic heterocycles. The van der Waals surface area contributed by atoms with E-state index in [-0.39, 0.29) is 5.78 Å². The number of thiophene rings is 1. The van der Waals surface area contributed by atoms with Crippen LogP contribution < -0.4 is 0 Å². The molecule has 1 aromatic carbocycles. The number of hydrogen-bond donors (Lipinski definition) is 0. The molecule has 0 N–H and O–H groups in total. The van der Waals surface area contributed by atoms with Crippen LogP contribution in [-0.4, -0.2) is 31.3 Å². The smallest absolute Gasteiger partial charge is 0.212 e. The minimum Gasteiger partial charge on any atom is -0.292 e. The molecule has 0 unspecified atom stereocenters. The van der Waals surface area contributed by atoms with Crippen molar-refractivity contribution < 1.29 is 4.79 Å². The number of carbonyl (C=O) groups is 1. The maximum absolute atomic E-state index is 12.1. The van der Waals surface area contributed by atoms with Crippen molar-refractivity contribution in [1.82, 2.24) is 19.8 Å². The summed E-state index contributed by atoms with van der Waals surface area (Å²) in [6.07, 6.45) is 0. The molecule has 0 atom stereocenters. The third-order valence-corrected chi connectivity index (χ3v) is 5.26. The summed E-state index contributed by atoms with van der Waals surface area (Å²) in [5.41, 5.74) is 2.54. The second-order valence-electron chi connectivity index (χ2n) is 5.03. The van der Waals surface area contributed by atoms with Gasteiger partial charge in [-0.15, -0.1) is 21.5 Å². The fourth-order valence-electron chi connectivity index (χ4n) is 2.26. The van der Waals surface area contributed by atoms with E-state index in [4.69, 9.17) is 0 Å². The van der Waals surface area contributed by atoms with Crippen LogP contribution in [0.25, 0.3) is 16.9 Å². The number of nitrogens with zero attached hydrogens (tertiary/aromatic N) is 4. The van der Waals surface area contributed by atoms with Crippen LogP contribution in [0.15, 0.2) is 65.1 Å². The van der Waals surface area contributed by atoms with Gasteiger partial charge in [-0.3, -0.25) is 4.79 Å². The van der Waals surface area contributed by atoms with Crippen molar-refractivity contribution in [3.05, 3.63) is 64.9 Å². The molecule has 0 saturated carbocycles.